The van der Waals surface area contributed by atoms with Crippen molar-refractivity contribution in [2.75, 3.05) is 27.2 Å². The van der Waals surface area contributed by atoms with Crippen molar-refractivity contribution in [1.29, 1.82) is 0 Å². The zero-order valence-electron chi connectivity index (χ0n) is 18.0. The maximum Gasteiger partial charge on any atom is 0.224 e. The molecule has 29 heavy (non-hydrogen) atoms. The first-order valence-corrected chi connectivity index (χ1v) is 10.7. The molecular weight excluding hydrogens is 368 g/mol. The minimum atomic E-state index is -0.333. The number of aryl methyl sites for hydroxylation is 3. The molecular formula is C20H32N8O. The van der Waals surface area contributed by atoms with Gasteiger partial charge in [-0.2, -0.15) is 5.10 Å². The molecule has 9 heteroatoms. The molecule has 1 atom stereocenters. The Morgan fingerprint density at radius 3 is 2.69 bits per heavy atom. The zero-order valence-corrected chi connectivity index (χ0v) is 18.0. The van der Waals surface area contributed by atoms with Crippen LogP contribution >= 0.6 is 0 Å². The van der Waals surface area contributed by atoms with Crippen LogP contribution in [-0.4, -0.2) is 72.9 Å². The van der Waals surface area contributed by atoms with E-state index in [0.29, 0.717) is 25.6 Å². The van der Waals surface area contributed by atoms with Gasteiger partial charge in [-0.1, -0.05) is 12.8 Å². The van der Waals surface area contributed by atoms with Gasteiger partial charge in [0.2, 0.25) is 5.91 Å². The van der Waals surface area contributed by atoms with Crippen molar-refractivity contribution in [2.45, 2.75) is 70.5 Å². The van der Waals surface area contributed by atoms with Crippen molar-refractivity contribution < 1.29 is 4.79 Å². The smallest absolute Gasteiger partial charge is 0.224 e. The fraction of sp³-hybridized carbons (Fsp3) is 0.750. The standard InChI is InChI=1S/C20H32N8O/c1-15-13-16(2)27(22-15)11-9-18(29)26-12-10-20(14-26,25(3)4)19-21-23-24-28(19)17-7-5-6-8-17/h13,17H,5-12,14H2,1-4H3. The first kappa shape index (κ1) is 20.0. The predicted octanol–water partition coefficient (Wildman–Crippen LogP) is 1.68. The van der Waals surface area contributed by atoms with E-state index >= 15 is 0 Å². The number of hydrogen-bond acceptors (Lipinski definition) is 6. The number of likely N-dealkylation sites (N-methyl/N-ethyl adjacent to an activating group) is 1. The van der Waals surface area contributed by atoms with Crippen LogP contribution in [0.4, 0.5) is 0 Å². The SMILES string of the molecule is Cc1cc(C)n(CCC(=O)N2CCC(c3nnnn3C3CCCC3)(N(C)C)C2)n1. The van der Waals surface area contributed by atoms with Crippen molar-refractivity contribution in [1.82, 2.24) is 39.8 Å². The molecule has 158 valence electrons. The molecule has 9 nitrogen and oxygen atoms in total. The summed E-state index contributed by atoms with van der Waals surface area (Å²) in [5.41, 5.74) is 1.75. The maximum absolute atomic E-state index is 13.0. The van der Waals surface area contributed by atoms with Gasteiger partial charge in [-0.15, -0.1) is 5.10 Å². The van der Waals surface area contributed by atoms with Gasteiger partial charge >= 0.3 is 0 Å². The fourth-order valence-electron chi connectivity index (χ4n) is 4.91. The van der Waals surface area contributed by atoms with Gasteiger partial charge in [0.25, 0.3) is 0 Å². The Morgan fingerprint density at radius 2 is 2.03 bits per heavy atom. The largest absolute Gasteiger partial charge is 0.340 e. The van der Waals surface area contributed by atoms with Gasteiger partial charge in [0.05, 0.1) is 11.7 Å². The monoisotopic (exact) mass is 400 g/mol. The molecule has 1 aliphatic heterocycles. The molecule has 2 fully saturated rings. The molecule has 3 heterocycles. The Balaban J connectivity index is 1.49. The Kier molecular flexibility index (Phi) is 5.42. The number of hydrogen-bond donors (Lipinski definition) is 0. The second kappa shape index (κ2) is 7.85. The van der Waals surface area contributed by atoms with Crippen LogP contribution < -0.4 is 0 Å². The number of likely N-dealkylation sites (tertiary alicyclic amines) is 1. The van der Waals surface area contributed by atoms with Crippen molar-refractivity contribution >= 4 is 5.91 Å². The van der Waals surface area contributed by atoms with Gasteiger partial charge in [0.15, 0.2) is 5.82 Å². The lowest BCUT2D eigenvalue weighted by atomic mass is 9.95. The molecule has 2 aromatic rings. The molecule has 0 aromatic carbocycles. The van der Waals surface area contributed by atoms with Gasteiger partial charge < -0.3 is 4.90 Å². The van der Waals surface area contributed by atoms with Crippen LogP contribution in [0.1, 0.15) is 61.8 Å². The van der Waals surface area contributed by atoms with Gasteiger partial charge in [-0.3, -0.25) is 14.4 Å². The molecule has 1 saturated carbocycles. The van der Waals surface area contributed by atoms with Crippen LogP contribution in [0.3, 0.4) is 0 Å². The number of amides is 1. The second-order valence-electron chi connectivity index (χ2n) is 8.78. The van der Waals surface area contributed by atoms with E-state index in [1.807, 2.05) is 34.2 Å². The van der Waals surface area contributed by atoms with Crippen molar-refractivity contribution in [3.8, 4) is 0 Å². The van der Waals surface area contributed by atoms with Crippen LogP contribution in [0.5, 0.6) is 0 Å². The Bertz CT molecular complexity index is 866. The van der Waals surface area contributed by atoms with E-state index in [-0.39, 0.29) is 11.4 Å². The fourth-order valence-corrected chi connectivity index (χ4v) is 4.91. The summed E-state index contributed by atoms with van der Waals surface area (Å²) in [7, 11) is 4.13. The summed E-state index contributed by atoms with van der Waals surface area (Å²) >= 11 is 0. The summed E-state index contributed by atoms with van der Waals surface area (Å²) in [5, 5.41) is 17.3. The van der Waals surface area contributed by atoms with Gasteiger partial charge in [-0.05, 0) is 63.7 Å². The molecule has 1 aliphatic carbocycles. The Hall–Kier alpha value is -2.29. The molecule has 4 rings (SSSR count). The molecule has 1 saturated heterocycles. The average Bonchev–Trinajstić information content (AvgIpc) is 3.45. The number of tetrazole rings is 1. The summed E-state index contributed by atoms with van der Waals surface area (Å²) in [5.74, 6) is 1.07. The molecule has 2 aliphatic rings. The highest BCUT2D eigenvalue weighted by Crippen LogP contribution is 2.38. The first-order valence-electron chi connectivity index (χ1n) is 10.7. The lowest BCUT2D eigenvalue weighted by Gasteiger charge is -2.35. The highest BCUT2D eigenvalue weighted by atomic mass is 16.2. The van der Waals surface area contributed by atoms with Gasteiger partial charge in [0, 0.05) is 31.7 Å². The number of rotatable bonds is 6. The Morgan fingerprint density at radius 1 is 1.28 bits per heavy atom. The molecule has 0 bridgehead atoms. The van der Waals surface area contributed by atoms with Crippen LogP contribution in [0.25, 0.3) is 0 Å². The van der Waals surface area contributed by atoms with E-state index < -0.39 is 0 Å². The maximum atomic E-state index is 13.0. The van der Waals surface area contributed by atoms with Gasteiger partial charge in [0.1, 0.15) is 5.54 Å². The number of nitrogens with zero attached hydrogens (tertiary/aromatic N) is 8. The van der Waals surface area contributed by atoms with Crippen molar-refractivity contribution in [3.05, 3.63) is 23.3 Å². The molecule has 2 aromatic heterocycles. The van der Waals surface area contributed by atoms with E-state index in [4.69, 9.17) is 0 Å². The quantitative estimate of drug-likeness (QED) is 0.733. The van der Waals surface area contributed by atoms with Crippen LogP contribution in [0.2, 0.25) is 0 Å². The molecule has 0 N–H and O–H groups in total. The third-order valence-electron chi connectivity index (χ3n) is 6.68. The number of aromatic nitrogens is 6. The van der Waals surface area contributed by atoms with Gasteiger partial charge in [-0.25, -0.2) is 4.68 Å². The molecule has 0 spiro atoms. The molecule has 0 radical (unpaired) electrons. The highest BCUT2D eigenvalue weighted by Gasteiger charge is 2.47. The number of carbonyl (C=O) groups excluding carboxylic acids is 1. The van der Waals surface area contributed by atoms with Crippen molar-refractivity contribution in [3.63, 3.8) is 0 Å². The van der Waals surface area contributed by atoms with Crippen LogP contribution in [-0.2, 0) is 16.9 Å². The number of carbonyl (C=O) groups is 1. The normalized spacial score (nSPS) is 22.9. The minimum absolute atomic E-state index is 0.168. The summed E-state index contributed by atoms with van der Waals surface area (Å²) < 4.78 is 3.96. The predicted molar refractivity (Wildman–Crippen MR) is 108 cm³/mol. The minimum Gasteiger partial charge on any atom is -0.340 e. The summed E-state index contributed by atoms with van der Waals surface area (Å²) in [6.07, 6.45) is 6.03. The summed E-state index contributed by atoms with van der Waals surface area (Å²) in [6.45, 7) is 5.98. The van der Waals surface area contributed by atoms with E-state index in [9.17, 15) is 4.79 Å². The zero-order chi connectivity index (χ0) is 20.6. The second-order valence-corrected chi connectivity index (χ2v) is 8.78. The van der Waals surface area contributed by atoms with E-state index in [2.05, 4.69) is 39.6 Å². The average molecular weight is 401 g/mol. The summed E-state index contributed by atoms with van der Waals surface area (Å²) in [6, 6.07) is 2.42. The molecule has 1 amide bonds. The van der Waals surface area contributed by atoms with E-state index in [0.717, 1.165) is 43.0 Å². The molecule has 1 unspecified atom stereocenters. The lowest BCUT2D eigenvalue weighted by molar-refractivity contribution is -0.131. The summed E-state index contributed by atoms with van der Waals surface area (Å²) in [4.78, 5) is 17.1. The highest BCUT2D eigenvalue weighted by molar-refractivity contribution is 5.76. The first-order chi connectivity index (χ1) is 13.9. The van der Waals surface area contributed by atoms with E-state index in [1.54, 1.807) is 0 Å². The lowest BCUT2D eigenvalue weighted by Crippen LogP contribution is -2.47. The van der Waals surface area contributed by atoms with E-state index in [1.165, 1.54) is 12.8 Å². The van der Waals surface area contributed by atoms with Crippen LogP contribution in [0.15, 0.2) is 6.07 Å². The Labute approximate surface area is 172 Å². The van der Waals surface area contributed by atoms with Crippen molar-refractivity contribution in [2.24, 2.45) is 0 Å². The topological polar surface area (TPSA) is 85.0 Å². The third-order valence-corrected chi connectivity index (χ3v) is 6.68. The van der Waals surface area contributed by atoms with Crippen LogP contribution in [0, 0.1) is 13.8 Å². The third kappa shape index (κ3) is 3.68.